The molecule has 14 heavy (non-hydrogen) atoms. The van der Waals surface area contributed by atoms with Crippen molar-refractivity contribution < 1.29 is 14.7 Å². The zero-order valence-electron chi connectivity index (χ0n) is 7.65. The van der Waals surface area contributed by atoms with Crippen LogP contribution in [0.1, 0.15) is 15.9 Å². The third-order valence-electron chi connectivity index (χ3n) is 2.27. The number of aliphatic hydroxyl groups excluding tert-OH is 1. The Labute approximate surface area is 80.8 Å². The Bertz CT molecular complexity index is 425. The molecule has 0 aliphatic carbocycles. The summed E-state index contributed by atoms with van der Waals surface area (Å²) in [5, 5.41) is 8.94. The zero-order chi connectivity index (χ0) is 10.3. The van der Waals surface area contributed by atoms with Gasteiger partial charge in [0.25, 0.3) is 5.78 Å². The second-order valence-electron chi connectivity index (χ2n) is 3.22. The molecule has 1 heterocycles. The first-order valence-corrected chi connectivity index (χ1v) is 4.23. The minimum absolute atomic E-state index is 0.370. The van der Waals surface area contributed by atoms with Crippen LogP contribution >= 0.6 is 0 Å². The number of rotatable bonds is 1. The molecule has 2 rings (SSSR count). The van der Waals surface area contributed by atoms with E-state index in [4.69, 9.17) is 5.11 Å². The summed E-state index contributed by atoms with van der Waals surface area (Å²) in [6.07, 6.45) is 0. The van der Waals surface area contributed by atoms with E-state index in [0.29, 0.717) is 11.3 Å². The van der Waals surface area contributed by atoms with Gasteiger partial charge in [-0.25, -0.2) is 0 Å². The number of amides is 1. The Morgan fingerprint density at radius 3 is 2.71 bits per heavy atom. The quantitative estimate of drug-likeness (QED) is 0.656. The molecule has 1 aromatic carbocycles. The number of ketones is 1. The largest absolute Gasteiger partial charge is 0.376 e. The number of anilines is 1. The molecule has 1 aliphatic rings. The molecule has 4 nitrogen and oxygen atoms in total. The van der Waals surface area contributed by atoms with Crippen LogP contribution in [-0.2, 0) is 4.79 Å². The second kappa shape index (κ2) is 2.92. The molecule has 0 bridgehead atoms. The fourth-order valence-electron chi connectivity index (χ4n) is 1.54. The standard InChI is InChI=1S/C10H9NO3/c1-6-2-3-7-8(4-6)11(5-12)10(14)9(7)13/h2-4,12H,5H2,1H3. The molecule has 0 saturated heterocycles. The lowest BCUT2D eigenvalue weighted by Gasteiger charge is -2.12. The fourth-order valence-corrected chi connectivity index (χ4v) is 1.54. The maximum absolute atomic E-state index is 11.4. The Hall–Kier alpha value is -1.68. The fraction of sp³-hybridized carbons (Fsp3) is 0.200. The highest BCUT2D eigenvalue weighted by Crippen LogP contribution is 2.28. The maximum Gasteiger partial charge on any atom is 0.301 e. The first-order valence-electron chi connectivity index (χ1n) is 4.23. The maximum atomic E-state index is 11.4. The third-order valence-corrected chi connectivity index (χ3v) is 2.27. The Morgan fingerprint density at radius 1 is 1.36 bits per heavy atom. The summed E-state index contributed by atoms with van der Waals surface area (Å²) in [5.41, 5.74) is 1.82. The molecule has 1 aliphatic heterocycles. The molecule has 0 atom stereocenters. The van der Waals surface area contributed by atoms with Gasteiger partial charge in [0, 0.05) is 0 Å². The number of aryl methyl sites for hydroxylation is 1. The lowest BCUT2D eigenvalue weighted by atomic mass is 10.1. The number of carbonyl (C=O) groups excluding carboxylic acids is 2. The monoisotopic (exact) mass is 191 g/mol. The van der Waals surface area contributed by atoms with Crippen molar-refractivity contribution in [3.8, 4) is 0 Å². The summed E-state index contributed by atoms with van der Waals surface area (Å²) >= 11 is 0. The van der Waals surface area contributed by atoms with Crippen LogP contribution in [0.5, 0.6) is 0 Å². The van der Waals surface area contributed by atoms with Gasteiger partial charge in [-0.2, -0.15) is 0 Å². The predicted octanol–water partition coefficient (Wildman–Crippen LogP) is 0.474. The van der Waals surface area contributed by atoms with Crippen molar-refractivity contribution in [2.75, 3.05) is 11.6 Å². The number of benzene rings is 1. The molecule has 0 fully saturated rings. The number of nitrogens with zero attached hydrogens (tertiary/aromatic N) is 1. The van der Waals surface area contributed by atoms with Crippen molar-refractivity contribution in [1.82, 2.24) is 0 Å². The second-order valence-corrected chi connectivity index (χ2v) is 3.22. The van der Waals surface area contributed by atoms with Gasteiger partial charge in [-0.05, 0) is 24.6 Å². The third kappa shape index (κ3) is 1.04. The highest BCUT2D eigenvalue weighted by atomic mass is 16.3. The predicted molar refractivity (Wildman–Crippen MR) is 50.1 cm³/mol. The molecule has 72 valence electrons. The summed E-state index contributed by atoms with van der Waals surface area (Å²) in [7, 11) is 0. The van der Waals surface area contributed by atoms with Gasteiger partial charge in [0.15, 0.2) is 0 Å². The van der Waals surface area contributed by atoms with E-state index in [0.717, 1.165) is 10.5 Å². The number of hydrogen-bond acceptors (Lipinski definition) is 3. The SMILES string of the molecule is Cc1ccc2c(c1)N(CO)C(=O)C2=O. The van der Waals surface area contributed by atoms with Crippen LogP contribution < -0.4 is 4.90 Å². The van der Waals surface area contributed by atoms with Crippen LogP contribution in [0.2, 0.25) is 0 Å². The van der Waals surface area contributed by atoms with Crippen LogP contribution in [0.3, 0.4) is 0 Å². The summed E-state index contributed by atoms with van der Waals surface area (Å²) in [5.74, 6) is -1.21. The highest BCUT2D eigenvalue weighted by Gasteiger charge is 2.34. The van der Waals surface area contributed by atoms with E-state index in [2.05, 4.69) is 0 Å². The van der Waals surface area contributed by atoms with Gasteiger partial charge < -0.3 is 5.11 Å². The Kier molecular flexibility index (Phi) is 1.86. The lowest BCUT2D eigenvalue weighted by molar-refractivity contribution is -0.114. The molecule has 4 heteroatoms. The first kappa shape index (κ1) is 8.90. The molecule has 0 spiro atoms. The van der Waals surface area contributed by atoms with Crippen molar-refractivity contribution in [3.63, 3.8) is 0 Å². The Morgan fingerprint density at radius 2 is 2.07 bits per heavy atom. The molecular weight excluding hydrogens is 182 g/mol. The van der Waals surface area contributed by atoms with E-state index in [-0.39, 0.29) is 0 Å². The van der Waals surface area contributed by atoms with Crippen LogP contribution in [0.25, 0.3) is 0 Å². The average Bonchev–Trinajstić information content (AvgIpc) is 2.39. The minimum Gasteiger partial charge on any atom is -0.376 e. The van der Waals surface area contributed by atoms with Crippen molar-refractivity contribution >= 4 is 17.4 Å². The van der Waals surface area contributed by atoms with E-state index < -0.39 is 18.4 Å². The van der Waals surface area contributed by atoms with Crippen LogP contribution in [0, 0.1) is 6.92 Å². The van der Waals surface area contributed by atoms with E-state index >= 15 is 0 Å². The molecule has 1 amide bonds. The number of aliphatic hydroxyl groups is 1. The van der Waals surface area contributed by atoms with E-state index in [1.54, 1.807) is 18.2 Å². The molecule has 0 aromatic heterocycles. The highest BCUT2D eigenvalue weighted by molar-refractivity contribution is 6.52. The van der Waals surface area contributed by atoms with Crippen LogP contribution in [0.15, 0.2) is 18.2 Å². The van der Waals surface area contributed by atoms with Gasteiger partial charge in [0.05, 0.1) is 11.3 Å². The van der Waals surface area contributed by atoms with Gasteiger partial charge in [-0.3, -0.25) is 14.5 Å². The number of hydrogen-bond donors (Lipinski definition) is 1. The number of Topliss-reactive ketones (excluding diaryl/α,β-unsaturated/α-hetero) is 1. The summed E-state index contributed by atoms with van der Waals surface area (Å²) in [6, 6.07) is 5.10. The zero-order valence-corrected chi connectivity index (χ0v) is 7.65. The number of carbonyl (C=O) groups is 2. The molecule has 0 radical (unpaired) electrons. The molecular formula is C10H9NO3. The molecule has 1 N–H and O–H groups in total. The minimum atomic E-state index is -0.659. The average molecular weight is 191 g/mol. The number of fused-ring (bicyclic) bond motifs is 1. The molecule has 1 aromatic rings. The van der Waals surface area contributed by atoms with Crippen molar-refractivity contribution in [1.29, 1.82) is 0 Å². The molecule has 0 saturated carbocycles. The van der Waals surface area contributed by atoms with Gasteiger partial charge >= 0.3 is 5.91 Å². The van der Waals surface area contributed by atoms with E-state index in [1.807, 2.05) is 6.92 Å². The van der Waals surface area contributed by atoms with Gasteiger partial charge in [0.2, 0.25) is 0 Å². The lowest BCUT2D eigenvalue weighted by Crippen LogP contribution is -2.30. The van der Waals surface area contributed by atoms with Gasteiger partial charge in [0.1, 0.15) is 6.73 Å². The summed E-state index contributed by atoms with van der Waals surface area (Å²) in [6.45, 7) is 1.41. The smallest absolute Gasteiger partial charge is 0.301 e. The van der Waals surface area contributed by atoms with E-state index in [1.165, 1.54) is 0 Å². The van der Waals surface area contributed by atoms with Gasteiger partial charge in [-0.1, -0.05) is 6.07 Å². The van der Waals surface area contributed by atoms with Gasteiger partial charge in [-0.15, -0.1) is 0 Å². The van der Waals surface area contributed by atoms with Crippen molar-refractivity contribution in [2.24, 2.45) is 0 Å². The topological polar surface area (TPSA) is 57.6 Å². The first-order chi connectivity index (χ1) is 6.65. The van der Waals surface area contributed by atoms with Crippen molar-refractivity contribution in [3.05, 3.63) is 29.3 Å². The normalized spacial score (nSPS) is 14.9. The summed E-state index contributed by atoms with van der Waals surface area (Å²) < 4.78 is 0. The van der Waals surface area contributed by atoms with Crippen LogP contribution in [-0.4, -0.2) is 23.5 Å². The molecule has 0 unspecified atom stereocenters. The summed E-state index contributed by atoms with van der Waals surface area (Å²) in [4.78, 5) is 23.8. The Balaban J connectivity index is 2.62. The van der Waals surface area contributed by atoms with Crippen molar-refractivity contribution in [2.45, 2.75) is 6.92 Å². The van der Waals surface area contributed by atoms with E-state index in [9.17, 15) is 9.59 Å². The van der Waals surface area contributed by atoms with Crippen LogP contribution in [0.4, 0.5) is 5.69 Å².